The zero-order valence-electron chi connectivity index (χ0n) is 8.74. The van der Waals surface area contributed by atoms with Crippen molar-refractivity contribution in [3.05, 3.63) is 30.3 Å². The van der Waals surface area contributed by atoms with E-state index in [2.05, 4.69) is 0 Å². The fourth-order valence-electron chi connectivity index (χ4n) is 1.93. The van der Waals surface area contributed by atoms with Crippen LogP contribution in [0.3, 0.4) is 0 Å². The summed E-state index contributed by atoms with van der Waals surface area (Å²) in [6.07, 6.45) is 2.08. The number of aldehydes is 1. The number of benzene rings is 1. The van der Waals surface area contributed by atoms with Crippen LogP contribution in [0.25, 0.3) is 0 Å². The molecule has 1 aliphatic heterocycles. The van der Waals surface area contributed by atoms with Gasteiger partial charge in [0.25, 0.3) is 0 Å². The smallest absolute Gasteiger partial charge is 0.243 e. The number of hydrogen-bond acceptors (Lipinski definition) is 3. The molecule has 86 valence electrons. The van der Waals surface area contributed by atoms with Crippen LogP contribution in [0.1, 0.15) is 12.8 Å². The average molecular weight is 239 g/mol. The third kappa shape index (κ3) is 1.88. The van der Waals surface area contributed by atoms with Crippen molar-refractivity contribution in [2.45, 2.75) is 23.8 Å². The molecular formula is C11H13NO3S. The highest BCUT2D eigenvalue weighted by Gasteiger charge is 2.34. The molecule has 1 saturated heterocycles. The van der Waals surface area contributed by atoms with Crippen LogP contribution in [-0.2, 0) is 14.8 Å². The Morgan fingerprint density at radius 2 is 1.94 bits per heavy atom. The fraction of sp³-hybridized carbons (Fsp3) is 0.364. The van der Waals surface area contributed by atoms with Crippen molar-refractivity contribution >= 4 is 16.3 Å². The summed E-state index contributed by atoms with van der Waals surface area (Å²) < 4.78 is 25.6. The van der Waals surface area contributed by atoms with E-state index in [1.807, 2.05) is 0 Å². The van der Waals surface area contributed by atoms with Crippen LogP contribution in [0.2, 0.25) is 0 Å². The van der Waals surface area contributed by atoms with Crippen LogP contribution in [0.15, 0.2) is 35.2 Å². The summed E-state index contributed by atoms with van der Waals surface area (Å²) in [5.41, 5.74) is 0. The highest BCUT2D eigenvalue weighted by atomic mass is 32.2. The molecule has 0 saturated carbocycles. The lowest BCUT2D eigenvalue weighted by molar-refractivity contribution is -0.110. The van der Waals surface area contributed by atoms with E-state index in [9.17, 15) is 13.2 Å². The van der Waals surface area contributed by atoms with Crippen molar-refractivity contribution in [1.29, 1.82) is 0 Å². The van der Waals surface area contributed by atoms with Gasteiger partial charge in [-0.15, -0.1) is 0 Å². The largest absolute Gasteiger partial charge is 0.302 e. The molecule has 0 amide bonds. The second-order valence-electron chi connectivity index (χ2n) is 3.77. The number of sulfonamides is 1. The van der Waals surface area contributed by atoms with Crippen LogP contribution in [-0.4, -0.2) is 31.6 Å². The van der Waals surface area contributed by atoms with Crippen LogP contribution >= 0.6 is 0 Å². The molecule has 0 aromatic heterocycles. The Bertz CT molecular complexity index is 469. The number of hydrogen-bond donors (Lipinski definition) is 0. The van der Waals surface area contributed by atoms with Crippen molar-refractivity contribution in [3.63, 3.8) is 0 Å². The number of carbonyl (C=O) groups excluding carboxylic acids is 1. The zero-order chi connectivity index (χ0) is 11.6. The Morgan fingerprint density at radius 1 is 1.25 bits per heavy atom. The molecule has 5 heteroatoms. The van der Waals surface area contributed by atoms with Crippen molar-refractivity contribution in [1.82, 2.24) is 4.31 Å². The normalized spacial score (nSPS) is 22.1. The third-order valence-corrected chi connectivity index (χ3v) is 4.69. The van der Waals surface area contributed by atoms with Gasteiger partial charge in [-0.1, -0.05) is 18.2 Å². The van der Waals surface area contributed by atoms with E-state index in [1.54, 1.807) is 30.3 Å². The van der Waals surface area contributed by atoms with Gasteiger partial charge in [0.1, 0.15) is 6.29 Å². The molecule has 1 heterocycles. The van der Waals surface area contributed by atoms with Gasteiger partial charge in [0.15, 0.2) is 0 Å². The summed E-state index contributed by atoms with van der Waals surface area (Å²) in [4.78, 5) is 11.0. The molecule has 1 aliphatic rings. The van der Waals surface area contributed by atoms with Crippen LogP contribution in [0, 0.1) is 0 Å². The molecule has 4 nitrogen and oxygen atoms in total. The predicted octanol–water partition coefficient (Wildman–Crippen LogP) is 1.04. The summed E-state index contributed by atoms with van der Waals surface area (Å²) >= 11 is 0. The van der Waals surface area contributed by atoms with Crippen LogP contribution in [0.4, 0.5) is 0 Å². The summed E-state index contributed by atoms with van der Waals surface area (Å²) in [5.74, 6) is 0. The van der Waals surface area contributed by atoms with Crippen molar-refractivity contribution in [2.75, 3.05) is 6.54 Å². The molecule has 0 bridgehead atoms. The molecule has 1 atom stereocenters. The minimum Gasteiger partial charge on any atom is -0.302 e. The van der Waals surface area contributed by atoms with Crippen molar-refractivity contribution in [3.8, 4) is 0 Å². The number of carbonyl (C=O) groups is 1. The quantitative estimate of drug-likeness (QED) is 0.740. The maximum atomic E-state index is 12.2. The lowest BCUT2D eigenvalue weighted by Gasteiger charge is -2.19. The molecule has 1 fully saturated rings. The minimum atomic E-state index is -3.50. The van der Waals surface area contributed by atoms with Crippen molar-refractivity contribution in [2.24, 2.45) is 0 Å². The van der Waals surface area contributed by atoms with Gasteiger partial charge < -0.3 is 4.79 Å². The van der Waals surface area contributed by atoms with E-state index in [0.29, 0.717) is 19.3 Å². The minimum absolute atomic E-state index is 0.253. The highest BCUT2D eigenvalue weighted by molar-refractivity contribution is 7.89. The van der Waals surface area contributed by atoms with Gasteiger partial charge in [-0.2, -0.15) is 4.31 Å². The van der Waals surface area contributed by atoms with E-state index in [-0.39, 0.29) is 4.90 Å². The average Bonchev–Trinajstić information content (AvgIpc) is 2.79. The van der Waals surface area contributed by atoms with Crippen LogP contribution in [0.5, 0.6) is 0 Å². The molecule has 0 N–H and O–H groups in total. The van der Waals surface area contributed by atoms with Gasteiger partial charge in [0.2, 0.25) is 10.0 Å². The Morgan fingerprint density at radius 3 is 2.56 bits per heavy atom. The zero-order valence-corrected chi connectivity index (χ0v) is 9.56. The Balaban J connectivity index is 2.36. The van der Waals surface area contributed by atoms with Crippen molar-refractivity contribution < 1.29 is 13.2 Å². The maximum absolute atomic E-state index is 12.2. The Kier molecular flexibility index (Phi) is 3.07. The first-order valence-corrected chi connectivity index (χ1v) is 6.62. The highest BCUT2D eigenvalue weighted by Crippen LogP contribution is 2.24. The molecule has 0 radical (unpaired) electrons. The van der Waals surface area contributed by atoms with E-state index in [1.165, 1.54) is 4.31 Å². The van der Waals surface area contributed by atoms with Gasteiger partial charge in [-0.3, -0.25) is 0 Å². The topological polar surface area (TPSA) is 54.5 Å². The van der Waals surface area contributed by atoms with Gasteiger partial charge in [-0.05, 0) is 25.0 Å². The lowest BCUT2D eigenvalue weighted by Crippen LogP contribution is -2.36. The van der Waals surface area contributed by atoms with E-state index >= 15 is 0 Å². The van der Waals surface area contributed by atoms with E-state index in [0.717, 1.165) is 6.42 Å². The predicted molar refractivity (Wildman–Crippen MR) is 59.4 cm³/mol. The monoisotopic (exact) mass is 239 g/mol. The first-order chi connectivity index (χ1) is 7.66. The number of rotatable bonds is 3. The first-order valence-electron chi connectivity index (χ1n) is 5.18. The summed E-state index contributed by atoms with van der Waals surface area (Å²) in [6.45, 7) is 0.431. The standard InChI is InChI=1S/C11H13NO3S/c13-9-10-5-4-8-12(10)16(14,15)11-6-2-1-3-7-11/h1-3,6-7,9-10H,4-5,8H2/t10-/m0/s1. The molecule has 16 heavy (non-hydrogen) atoms. The lowest BCUT2D eigenvalue weighted by atomic mass is 10.2. The SMILES string of the molecule is O=C[C@@H]1CCCN1S(=O)(=O)c1ccccc1. The van der Waals surface area contributed by atoms with E-state index in [4.69, 9.17) is 0 Å². The molecule has 2 rings (SSSR count). The first kappa shape index (κ1) is 11.3. The molecule has 0 unspecified atom stereocenters. The van der Waals surface area contributed by atoms with Crippen LogP contribution < -0.4 is 0 Å². The molecule has 1 aromatic rings. The maximum Gasteiger partial charge on any atom is 0.243 e. The summed E-state index contributed by atoms with van der Waals surface area (Å²) in [5, 5.41) is 0. The third-order valence-electron chi connectivity index (χ3n) is 2.76. The van der Waals surface area contributed by atoms with Gasteiger partial charge in [0, 0.05) is 6.54 Å². The summed E-state index contributed by atoms with van der Waals surface area (Å²) in [7, 11) is -3.50. The summed E-state index contributed by atoms with van der Waals surface area (Å²) in [6, 6.07) is 7.73. The second-order valence-corrected chi connectivity index (χ2v) is 5.67. The van der Waals surface area contributed by atoms with E-state index < -0.39 is 16.1 Å². The molecule has 1 aromatic carbocycles. The van der Waals surface area contributed by atoms with Gasteiger partial charge in [0.05, 0.1) is 10.9 Å². The molecular weight excluding hydrogens is 226 g/mol. The second kappa shape index (κ2) is 4.35. The molecule has 0 aliphatic carbocycles. The molecule has 0 spiro atoms. The Hall–Kier alpha value is -1.20. The Labute approximate surface area is 94.9 Å². The van der Waals surface area contributed by atoms with Gasteiger partial charge >= 0.3 is 0 Å². The fourth-order valence-corrected chi connectivity index (χ4v) is 3.58. The number of nitrogens with zero attached hydrogens (tertiary/aromatic N) is 1. The van der Waals surface area contributed by atoms with Gasteiger partial charge in [-0.25, -0.2) is 8.42 Å².